The lowest BCUT2D eigenvalue weighted by Gasteiger charge is -2.06. The molecule has 0 aliphatic rings. The third-order valence-corrected chi connectivity index (χ3v) is 3.06. The third-order valence-electron chi connectivity index (χ3n) is 2.53. The van der Waals surface area contributed by atoms with Crippen LogP contribution >= 0.6 is 15.9 Å². The number of nitrogens with two attached hydrogens (primary N) is 1. The van der Waals surface area contributed by atoms with Crippen LogP contribution < -0.4 is 11.1 Å². The lowest BCUT2D eigenvalue weighted by Crippen LogP contribution is -2.12. The molecular formula is C14H13BrN2O. The lowest BCUT2D eigenvalue weighted by atomic mass is 10.2. The third kappa shape index (κ3) is 3.18. The van der Waals surface area contributed by atoms with E-state index in [4.69, 9.17) is 5.73 Å². The van der Waals surface area contributed by atoms with Gasteiger partial charge in [-0.3, -0.25) is 4.79 Å². The highest BCUT2D eigenvalue weighted by molar-refractivity contribution is 9.10. The number of halogens is 1. The van der Waals surface area contributed by atoms with E-state index in [2.05, 4.69) is 21.2 Å². The van der Waals surface area contributed by atoms with Crippen molar-refractivity contribution in [1.29, 1.82) is 0 Å². The molecule has 0 saturated carbocycles. The highest BCUT2D eigenvalue weighted by atomic mass is 79.9. The molecule has 1 amide bonds. The second-order valence-corrected chi connectivity index (χ2v) is 4.78. The second-order valence-electron chi connectivity index (χ2n) is 3.87. The number of nitrogens with one attached hydrogen (secondary N) is 1. The van der Waals surface area contributed by atoms with Crippen molar-refractivity contribution in [2.24, 2.45) is 5.73 Å². The summed E-state index contributed by atoms with van der Waals surface area (Å²) in [5.41, 5.74) is 7.93. The summed E-state index contributed by atoms with van der Waals surface area (Å²) in [4.78, 5) is 12.0. The van der Waals surface area contributed by atoms with Gasteiger partial charge in [-0.05, 0) is 42.0 Å². The van der Waals surface area contributed by atoms with Gasteiger partial charge in [0.25, 0.3) is 5.91 Å². The van der Waals surface area contributed by atoms with Crippen molar-refractivity contribution >= 4 is 27.5 Å². The quantitative estimate of drug-likeness (QED) is 0.915. The first-order chi connectivity index (χ1) is 8.69. The molecule has 0 unspecified atom stereocenters. The van der Waals surface area contributed by atoms with Crippen LogP contribution in [0.5, 0.6) is 0 Å². The Labute approximate surface area is 114 Å². The molecule has 3 nitrogen and oxygen atoms in total. The smallest absolute Gasteiger partial charge is 0.255 e. The molecule has 2 aromatic carbocycles. The summed E-state index contributed by atoms with van der Waals surface area (Å²) >= 11 is 3.33. The van der Waals surface area contributed by atoms with Crippen molar-refractivity contribution in [3.8, 4) is 0 Å². The van der Waals surface area contributed by atoms with Crippen LogP contribution in [0.25, 0.3) is 0 Å². The van der Waals surface area contributed by atoms with E-state index in [1.54, 1.807) is 12.1 Å². The van der Waals surface area contributed by atoms with Gasteiger partial charge in [0, 0.05) is 22.3 Å². The fraction of sp³-hybridized carbons (Fsp3) is 0.0714. The maximum atomic E-state index is 12.0. The average molecular weight is 305 g/mol. The first kappa shape index (κ1) is 12.8. The van der Waals surface area contributed by atoms with Gasteiger partial charge in [-0.25, -0.2) is 0 Å². The average Bonchev–Trinajstić information content (AvgIpc) is 2.39. The van der Waals surface area contributed by atoms with E-state index in [1.165, 1.54) is 0 Å². The van der Waals surface area contributed by atoms with Gasteiger partial charge in [0.1, 0.15) is 0 Å². The molecule has 0 bridgehead atoms. The lowest BCUT2D eigenvalue weighted by molar-refractivity contribution is 0.102. The molecule has 92 valence electrons. The van der Waals surface area contributed by atoms with Gasteiger partial charge < -0.3 is 11.1 Å². The van der Waals surface area contributed by atoms with Crippen molar-refractivity contribution in [2.45, 2.75) is 6.54 Å². The minimum absolute atomic E-state index is 0.128. The number of hydrogen-bond donors (Lipinski definition) is 2. The SMILES string of the molecule is NCc1cccc(NC(=O)c2ccc(Br)cc2)c1. The molecule has 0 fully saturated rings. The monoisotopic (exact) mass is 304 g/mol. The van der Waals surface area contributed by atoms with Crippen molar-refractivity contribution < 1.29 is 4.79 Å². The van der Waals surface area contributed by atoms with Crippen molar-refractivity contribution in [1.82, 2.24) is 0 Å². The van der Waals surface area contributed by atoms with Crippen LogP contribution in [0, 0.1) is 0 Å². The van der Waals surface area contributed by atoms with Crippen LogP contribution in [-0.2, 0) is 6.54 Å². The molecule has 3 N–H and O–H groups in total. The normalized spacial score (nSPS) is 10.1. The molecule has 0 heterocycles. The summed E-state index contributed by atoms with van der Waals surface area (Å²) in [6.07, 6.45) is 0. The van der Waals surface area contributed by atoms with E-state index < -0.39 is 0 Å². The molecule has 18 heavy (non-hydrogen) atoms. The molecule has 0 saturated heterocycles. The fourth-order valence-corrected chi connectivity index (χ4v) is 1.84. The zero-order valence-corrected chi connectivity index (χ0v) is 11.3. The minimum Gasteiger partial charge on any atom is -0.326 e. The standard InChI is InChI=1S/C14H13BrN2O/c15-12-6-4-11(5-7-12)14(18)17-13-3-1-2-10(8-13)9-16/h1-8H,9,16H2,(H,17,18). The molecule has 0 aliphatic carbocycles. The fourth-order valence-electron chi connectivity index (χ4n) is 1.58. The zero-order chi connectivity index (χ0) is 13.0. The first-order valence-corrected chi connectivity index (χ1v) is 6.34. The Balaban J connectivity index is 2.13. The molecular weight excluding hydrogens is 292 g/mol. The number of rotatable bonds is 3. The topological polar surface area (TPSA) is 55.1 Å². The predicted octanol–water partition coefficient (Wildman–Crippen LogP) is 3.16. The van der Waals surface area contributed by atoms with Crippen LogP contribution in [0.2, 0.25) is 0 Å². The van der Waals surface area contributed by atoms with E-state index in [0.29, 0.717) is 12.1 Å². The van der Waals surface area contributed by atoms with E-state index in [1.807, 2.05) is 36.4 Å². The first-order valence-electron chi connectivity index (χ1n) is 5.55. The number of hydrogen-bond acceptors (Lipinski definition) is 2. The van der Waals surface area contributed by atoms with Crippen molar-refractivity contribution in [3.05, 3.63) is 64.1 Å². The highest BCUT2D eigenvalue weighted by Gasteiger charge is 2.05. The number of amides is 1. The molecule has 0 atom stereocenters. The summed E-state index contributed by atoms with van der Waals surface area (Å²) in [5.74, 6) is -0.128. The van der Waals surface area contributed by atoms with Crippen LogP contribution in [0.1, 0.15) is 15.9 Å². The van der Waals surface area contributed by atoms with E-state index in [-0.39, 0.29) is 5.91 Å². The van der Waals surface area contributed by atoms with Crippen LogP contribution in [-0.4, -0.2) is 5.91 Å². The summed E-state index contributed by atoms with van der Waals surface area (Å²) in [6, 6.07) is 14.7. The summed E-state index contributed by atoms with van der Waals surface area (Å²) < 4.78 is 0.948. The van der Waals surface area contributed by atoms with Gasteiger partial charge in [-0.15, -0.1) is 0 Å². The Morgan fingerprint density at radius 1 is 1.17 bits per heavy atom. The summed E-state index contributed by atoms with van der Waals surface area (Å²) in [7, 11) is 0. The Hall–Kier alpha value is -1.65. The maximum Gasteiger partial charge on any atom is 0.255 e. The summed E-state index contributed by atoms with van der Waals surface area (Å²) in [5, 5.41) is 2.84. The van der Waals surface area contributed by atoms with Gasteiger partial charge in [-0.1, -0.05) is 28.1 Å². The summed E-state index contributed by atoms with van der Waals surface area (Å²) in [6.45, 7) is 0.460. The molecule has 0 spiro atoms. The minimum atomic E-state index is -0.128. The molecule has 0 aromatic heterocycles. The van der Waals surface area contributed by atoms with E-state index in [0.717, 1.165) is 15.7 Å². The van der Waals surface area contributed by atoms with Crippen LogP contribution in [0.15, 0.2) is 53.0 Å². The van der Waals surface area contributed by atoms with Gasteiger partial charge in [0.05, 0.1) is 0 Å². The van der Waals surface area contributed by atoms with Gasteiger partial charge in [0.2, 0.25) is 0 Å². The predicted molar refractivity (Wildman–Crippen MR) is 76.4 cm³/mol. The molecule has 0 aliphatic heterocycles. The van der Waals surface area contributed by atoms with Crippen LogP contribution in [0.4, 0.5) is 5.69 Å². The Kier molecular flexibility index (Phi) is 4.12. The second kappa shape index (κ2) is 5.80. The molecule has 2 aromatic rings. The van der Waals surface area contributed by atoms with E-state index >= 15 is 0 Å². The number of anilines is 1. The largest absolute Gasteiger partial charge is 0.326 e. The van der Waals surface area contributed by atoms with Crippen molar-refractivity contribution in [3.63, 3.8) is 0 Å². The van der Waals surface area contributed by atoms with E-state index in [9.17, 15) is 4.79 Å². The Bertz CT molecular complexity index is 552. The molecule has 0 radical (unpaired) electrons. The zero-order valence-electron chi connectivity index (χ0n) is 9.69. The molecule has 4 heteroatoms. The van der Waals surface area contributed by atoms with Gasteiger partial charge in [0.15, 0.2) is 0 Å². The Morgan fingerprint density at radius 3 is 2.56 bits per heavy atom. The number of benzene rings is 2. The highest BCUT2D eigenvalue weighted by Crippen LogP contribution is 2.14. The Morgan fingerprint density at radius 2 is 1.89 bits per heavy atom. The molecule has 2 rings (SSSR count). The van der Waals surface area contributed by atoms with Crippen molar-refractivity contribution in [2.75, 3.05) is 5.32 Å². The van der Waals surface area contributed by atoms with Gasteiger partial charge in [-0.2, -0.15) is 0 Å². The van der Waals surface area contributed by atoms with Gasteiger partial charge >= 0.3 is 0 Å². The van der Waals surface area contributed by atoms with Crippen LogP contribution in [0.3, 0.4) is 0 Å². The maximum absolute atomic E-state index is 12.0. The number of carbonyl (C=O) groups is 1. The number of carbonyl (C=O) groups excluding carboxylic acids is 1.